The van der Waals surface area contributed by atoms with Gasteiger partial charge in [0.2, 0.25) is 0 Å². The molecule has 0 aliphatic heterocycles. The number of rotatable bonds is 62. The van der Waals surface area contributed by atoms with Crippen LogP contribution < -0.4 is 0 Å². The van der Waals surface area contributed by atoms with Crippen LogP contribution in [-0.4, -0.2) is 308 Å². The summed E-state index contributed by atoms with van der Waals surface area (Å²) >= 11 is 0. The fraction of sp³-hybridized carbons (Fsp3) is 1.00. The monoisotopic (exact) mass is 1610 g/mol. The first-order chi connectivity index (χ1) is 43.3. The summed E-state index contributed by atoms with van der Waals surface area (Å²) in [6, 6.07) is 4.23. The fourth-order valence-corrected chi connectivity index (χ4v) is 61.8. The van der Waals surface area contributed by atoms with E-state index in [0.717, 1.165) is 62.3 Å². The Kier molecular flexibility index (Phi) is 48.7. The van der Waals surface area contributed by atoms with Gasteiger partial charge in [-0.25, -0.2) is 0 Å². The molecule has 0 rings (SSSR count). The lowest BCUT2D eigenvalue weighted by Crippen LogP contribution is -2.53. The van der Waals surface area contributed by atoms with Crippen LogP contribution in [0.25, 0.3) is 0 Å². The zero-order valence-electron chi connectivity index (χ0n) is 61.6. The summed E-state index contributed by atoms with van der Waals surface area (Å²) < 4.78 is 181. The molecule has 0 radical (unpaired) electrons. The minimum Gasteiger partial charge on any atom is -0.437 e. The summed E-state index contributed by atoms with van der Waals surface area (Å²) in [5.74, 6) is 0. The third-order valence-electron chi connectivity index (χ3n) is 15.6. The molecule has 0 aliphatic rings. The quantitative estimate of drug-likeness (QED) is 0.0762. The molecule has 0 aromatic rings. The van der Waals surface area contributed by atoms with Crippen molar-refractivity contribution < 1.29 is 131 Å². The van der Waals surface area contributed by atoms with Gasteiger partial charge in [-0.1, -0.05) is 57.7 Å². The molecule has 30 nitrogen and oxygen atoms in total. The molecule has 7 atom stereocenters. The highest BCUT2D eigenvalue weighted by molar-refractivity contribution is 6.83. The smallest absolute Gasteiger partial charge is 0.437 e. The molecule has 0 spiro atoms. The van der Waals surface area contributed by atoms with E-state index in [4.69, 9.17) is 131 Å². The lowest BCUT2D eigenvalue weighted by atomic mass is 10.2. The third-order valence-corrected chi connectivity index (χ3v) is 64.6. The van der Waals surface area contributed by atoms with Crippen LogP contribution >= 0.6 is 0 Å². The lowest BCUT2D eigenvalue weighted by molar-refractivity contribution is 0.0140. The zero-order valence-corrected chi connectivity index (χ0v) is 78.5. The Bertz CT molecular complexity index is 1640. The molecule has 7 unspecified atom stereocenters. The van der Waals surface area contributed by atoms with Crippen LogP contribution in [0.2, 0.25) is 101 Å². The maximum absolute atomic E-state index is 7.19. The first kappa shape index (κ1) is 94.3. The Labute approximate surface area is 575 Å². The first-order valence-electron chi connectivity index (χ1n) is 31.1. The van der Waals surface area contributed by atoms with Crippen LogP contribution in [0.15, 0.2) is 0 Å². The van der Waals surface area contributed by atoms with Gasteiger partial charge >= 0.3 is 80.0 Å². The van der Waals surface area contributed by atoms with Crippen LogP contribution in [0.4, 0.5) is 0 Å². The SMILES string of the molecule is CCC(CCC[Si](C)(O[SiH](C)CO[Si](OC)(OC)OC)O[SiH](C)CO[Si](OC)(OC)OC)[Si](C)(CCC[Si](C)(O[SiH](C)CO[Si](OC)(OC)OC)O[SiH](C)CO[Si](OC)(OC)OC)CCC[Si](C)(O[SiH](C)CO[Si](OC)(OC)OC)O[SiH](C)CO[Si](OC)(OC)OC. The van der Waals surface area contributed by atoms with Gasteiger partial charge in [-0.2, -0.15) is 0 Å². The Balaban J connectivity index is 7.79. The van der Waals surface area contributed by atoms with Gasteiger partial charge < -0.3 is 131 Å². The Morgan fingerprint density at radius 3 is 0.565 bits per heavy atom. The van der Waals surface area contributed by atoms with Crippen molar-refractivity contribution in [3.8, 4) is 0 Å². The van der Waals surface area contributed by atoms with E-state index >= 15 is 0 Å². The molecule has 0 bridgehead atoms. The molecule has 0 amide bonds. The van der Waals surface area contributed by atoms with Gasteiger partial charge in [-0.05, 0) is 82.6 Å². The molecule has 0 fully saturated rings. The molecule has 0 aliphatic carbocycles. The third kappa shape index (κ3) is 32.7. The van der Waals surface area contributed by atoms with Crippen molar-refractivity contribution in [3.05, 3.63) is 0 Å². The van der Waals surface area contributed by atoms with E-state index < -0.39 is 142 Å². The van der Waals surface area contributed by atoms with E-state index in [1.165, 1.54) is 128 Å². The van der Waals surface area contributed by atoms with Crippen molar-refractivity contribution in [1.29, 1.82) is 0 Å². The van der Waals surface area contributed by atoms with Crippen LogP contribution in [0.3, 0.4) is 0 Å². The predicted molar refractivity (Wildman–Crippen MR) is 384 cm³/mol. The maximum atomic E-state index is 7.19. The molecule has 92 heavy (non-hydrogen) atoms. The summed E-state index contributed by atoms with van der Waals surface area (Å²) in [6.07, 6.45) is 6.31. The largest absolute Gasteiger partial charge is 0.678 e. The summed E-state index contributed by atoms with van der Waals surface area (Å²) in [6.45, 7) is 24.0. The normalized spacial score (nSPS) is 18.4. The van der Waals surface area contributed by atoms with Crippen molar-refractivity contribution in [2.24, 2.45) is 0 Å². The van der Waals surface area contributed by atoms with Crippen LogP contribution in [0.1, 0.15) is 39.0 Å². The van der Waals surface area contributed by atoms with Gasteiger partial charge in [-0.3, -0.25) is 0 Å². The first-order valence-corrected chi connectivity index (χ1v) is 66.1. The second-order valence-electron chi connectivity index (χ2n) is 22.9. The van der Waals surface area contributed by atoms with Crippen molar-refractivity contribution in [3.63, 3.8) is 0 Å². The maximum Gasteiger partial charge on any atom is 0.678 e. The second kappa shape index (κ2) is 47.5. The Hall–Kier alpha value is 2.27. The fourth-order valence-electron chi connectivity index (χ4n) is 10.9. The molecule has 554 valence electrons. The second-order valence-corrected chi connectivity index (χ2v) is 68.8. The van der Waals surface area contributed by atoms with E-state index in [9.17, 15) is 0 Å². The average Bonchev–Trinajstić information content (AvgIpc) is 0.918. The van der Waals surface area contributed by atoms with Gasteiger partial charge in [0.15, 0.2) is 54.2 Å². The van der Waals surface area contributed by atoms with E-state index in [1.54, 1.807) is 0 Å². The Morgan fingerprint density at radius 2 is 0.413 bits per heavy atom. The summed E-state index contributed by atoms with van der Waals surface area (Å²) in [5.41, 5.74) is 0.400. The highest BCUT2D eigenvalue weighted by Gasteiger charge is 2.50. The predicted octanol–water partition coefficient (Wildman–Crippen LogP) is 4.43. The zero-order chi connectivity index (χ0) is 70.6. The highest BCUT2D eigenvalue weighted by atomic mass is 28.5. The molecule has 0 aromatic heterocycles. The molecule has 46 heteroatoms. The van der Waals surface area contributed by atoms with Crippen LogP contribution in [0.5, 0.6) is 0 Å². The minimum atomic E-state index is -3.36. The number of hydrogen-bond donors (Lipinski definition) is 0. The topological polar surface area (TPSA) is 277 Å². The van der Waals surface area contributed by atoms with Crippen molar-refractivity contribution >= 4 is 142 Å². The summed E-state index contributed by atoms with van der Waals surface area (Å²) in [4.78, 5) is 0. The van der Waals surface area contributed by atoms with E-state index in [2.05, 4.69) is 72.4 Å². The van der Waals surface area contributed by atoms with Crippen molar-refractivity contribution in [2.75, 3.05) is 165 Å². The molecular formula is C46H126O30Si16. The van der Waals surface area contributed by atoms with Gasteiger partial charge in [0.05, 0.1) is 45.5 Å². The standard InChI is InChI=1S/C46H126O30Si16/c1-30-46(34-31-37-84(27,71-77(20)40-65-87(47-2,48-3)49-4)72-78(21)41-66-88(50-5,51-6)52-7)83(26,35-32-38-85(28,73-79(22)42-67-89(53-8,54-9)55-10)74-80(23)43-68-90(56-11,57-12)58-13)36-33-39-86(29,75-81(24)44-69-91(59-14,60-15)61-16)76-82(25)45-70-92(62-17,63-18)64-19/h46,77-82H,30-45H2,1-29H3. The summed E-state index contributed by atoms with van der Waals surface area (Å²) in [5, 5.41) is 0. The Morgan fingerprint density at radius 1 is 0.250 bits per heavy atom. The van der Waals surface area contributed by atoms with Crippen molar-refractivity contribution in [1.82, 2.24) is 0 Å². The van der Waals surface area contributed by atoms with Crippen LogP contribution in [0, 0.1) is 0 Å². The molecule has 0 N–H and O–H groups in total. The molecule has 0 saturated carbocycles. The van der Waals surface area contributed by atoms with E-state index in [1.807, 2.05) is 0 Å². The molecular weight excluding hydrogens is 1480 g/mol. The van der Waals surface area contributed by atoms with Gasteiger partial charge in [-0.15, -0.1) is 0 Å². The lowest BCUT2D eigenvalue weighted by Gasteiger charge is -2.40. The van der Waals surface area contributed by atoms with Gasteiger partial charge in [0, 0.05) is 128 Å². The van der Waals surface area contributed by atoms with Gasteiger partial charge in [0.25, 0.3) is 0 Å². The molecule has 0 aromatic carbocycles. The molecule has 0 saturated heterocycles. The van der Waals surface area contributed by atoms with Crippen molar-refractivity contribution in [2.45, 2.75) is 140 Å². The minimum absolute atomic E-state index is 0.289. The highest BCUT2D eigenvalue weighted by Crippen LogP contribution is 2.42. The summed E-state index contributed by atoms with van der Waals surface area (Å²) in [7, 11) is -16.5. The number of hydrogen-bond acceptors (Lipinski definition) is 30. The average molecular weight is 1610 g/mol. The van der Waals surface area contributed by atoms with Gasteiger partial charge in [0.1, 0.15) is 0 Å². The van der Waals surface area contributed by atoms with E-state index in [-0.39, 0.29) is 24.9 Å². The van der Waals surface area contributed by atoms with Crippen LogP contribution in [-0.2, 0) is 131 Å². The van der Waals surface area contributed by atoms with E-state index in [0.29, 0.717) is 18.0 Å². The molecule has 0 heterocycles.